The van der Waals surface area contributed by atoms with Crippen molar-refractivity contribution in [3.8, 4) is 11.3 Å². The summed E-state index contributed by atoms with van der Waals surface area (Å²) in [5.74, 6) is 0.770. The van der Waals surface area contributed by atoms with Crippen LogP contribution in [0.15, 0.2) is 65.4 Å². The fraction of sp³-hybridized carbons (Fsp3) is 0.250. The number of allylic oxidation sites excluding steroid dienone is 4. The number of benzene rings is 1. The fourth-order valence-electron chi connectivity index (χ4n) is 3.84. The fourth-order valence-corrected chi connectivity index (χ4v) is 3.84. The first-order chi connectivity index (χ1) is 16.4. The van der Waals surface area contributed by atoms with Crippen LogP contribution in [-0.2, 0) is 18.4 Å². The SMILES string of the molecule is CC/C=C(\C=C(\C)NOC)c1c(-c2ccccc2)nc(N)n2c(=O)n(Cc3nccn3C)nc12. The van der Waals surface area contributed by atoms with E-state index in [2.05, 4.69) is 21.5 Å². The molecule has 0 bridgehead atoms. The van der Waals surface area contributed by atoms with Crippen LogP contribution in [0.4, 0.5) is 5.95 Å². The molecule has 0 aliphatic rings. The zero-order valence-corrected chi connectivity index (χ0v) is 19.7. The number of hydrogen-bond acceptors (Lipinski definition) is 7. The number of nitrogens with one attached hydrogen (secondary N) is 1. The van der Waals surface area contributed by atoms with Gasteiger partial charge in [0, 0.05) is 30.7 Å². The summed E-state index contributed by atoms with van der Waals surface area (Å²) < 4.78 is 4.56. The van der Waals surface area contributed by atoms with Crippen LogP contribution in [0.1, 0.15) is 31.7 Å². The molecule has 10 nitrogen and oxygen atoms in total. The number of nitrogens with two attached hydrogens (primary N) is 1. The molecule has 3 N–H and O–H groups in total. The highest BCUT2D eigenvalue weighted by molar-refractivity contribution is 5.91. The number of hydroxylamine groups is 1. The van der Waals surface area contributed by atoms with Crippen molar-refractivity contribution in [1.29, 1.82) is 0 Å². The van der Waals surface area contributed by atoms with Crippen LogP contribution >= 0.6 is 0 Å². The van der Waals surface area contributed by atoms with Crippen LogP contribution in [-0.4, -0.2) is 35.8 Å². The van der Waals surface area contributed by atoms with E-state index in [0.717, 1.165) is 23.3 Å². The molecule has 10 heteroatoms. The van der Waals surface area contributed by atoms with Crippen LogP contribution in [0, 0.1) is 0 Å². The van der Waals surface area contributed by atoms with Gasteiger partial charge in [0.2, 0.25) is 5.95 Å². The second kappa shape index (κ2) is 9.75. The molecule has 176 valence electrons. The van der Waals surface area contributed by atoms with Gasteiger partial charge in [-0.05, 0) is 25.0 Å². The number of aryl methyl sites for hydroxylation is 1. The van der Waals surface area contributed by atoms with Crippen LogP contribution in [0.2, 0.25) is 0 Å². The second-order valence-electron chi connectivity index (χ2n) is 7.81. The summed E-state index contributed by atoms with van der Waals surface area (Å²) in [5, 5.41) is 4.70. The first-order valence-electron chi connectivity index (χ1n) is 10.9. The number of fused-ring (bicyclic) bond motifs is 1. The number of rotatable bonds is 8. The molecule has 0 spiro atoms. The van der Waals surface area contributed by atoms with Crippen LogP contribution in [0.5, 0.6) is 0 Å². The lowest BCUT2D eigenvalue weighted by Crippen LogP contribution is -2.24. The maximum absolute atomic E-state index is 13.3. The second-order valence-corrected chi connectivity index (χ2v) is 7.81. The van der Waals surface area contributed by atoms with Crippen molar-refractivity contribution in [2.24, 2.45) is 7.05 Å². The van der Waals surface area contributed by atoms with E-state index in [0.29, 0.717) is 22.7 Å². The smallest absolute Gasteiger partial charge is 0.353 e. The third kappa shape index (κ3) is 4.35. The van der Waals surface area contributed by atoms with Gasteiger partial charge in [-0.25, -0.2) is 23.8 Å². The Kier molecular flexibility index (Phi) is 6.60. The molecular formula is C24H28N8O2. The van der Waals surface area contributed by atoms with Crippen molar-refractivity contribution in [2.45, 2.75) is 26.8 Å². The highest BCUT2D eigenvalue weighted by atomic mass is 16.6. The predicted molar refractivity (Wildman–Crippen MR) is 132 cm³/mol. The van der Waals surface area contributed by atoms with Gasteiger partial charge in [0.15, 0.2) is 5.65 Å². The monoisotopic (exact) mass is 460 g/mol. The van der Waals surface area contributed by atoms with E-state index in [1.165, 1.54) is 9.08 Å². The van der Waals surface area contributed by atoms with Gasteiger partial charge in [0.05, 0.1) is 18.4 Å². The minimum Gasteiger partial charge on any atom is -0.369 e. The maximum atomic E-state index is 13.3. The summed E-state index contributed by atoms with van der Waals surface area (Å²) in [4.78, 5) is 27.4. The molecule has 3 aromatic heterocycles. The Hall–Kier alpha value is -4.18. The van der Waals surface area contributed by atoms with Gasteiger partial charge in [-0.1, -0.05) is 43.3 Å². The van der Waals surface area contributed by atoms with Crippen molar-refractivity contribution in [3.05, 3.63) is 82.4 Å². The molecule has 0 aliphatic heterocycles. The van der Waals surface area contributed by atoms with Gasteiger partial charge in [-0.2, -0.15) is 0 Å². The zero-order valence-electron chi connectivity index (χ0n) is 19.7. The van der Waals surface area contributed by atoms with Crippen molar-refractivity contribution in [2.75, 3.05) is 12.8 Å². The molecule has 0 aliphatic carbocycles. The molecule has 4 rings (SSSR count). The van der Waals surface area contributed by atoms with Crippen LogP contribution in [0.25, 0.3) is 22.5 Å². The van der Waals surface area contributed by atoms with Gasteiger partial charge >= 0.3 is 5.69 Å². The maximum Gasteiger partial charge on any atom is 0.353 e. The minimum atomic E-state index is -0.379. The highest BCUT2D eigenvalue weighted by Gasteiger charge is 2.22. The highest BCUT2D eigenvalue weighted by Crippen LogP contribution is 2.32. The van der Waals surface area contributed by atoms with E-state index in [9.17, 15) is 4.79 Å². The summed E-state index contributed by atoms with van der Waals surface area (Å²) in [6.07, 6.45) is 8.26. The molecule has 3 heterocycles. The molecule has 1 aromatic carbocycles. The van der Waals surface area contributed by atoms with Gasteiger partial charge in [-0.15, -0.1) is 5.10 Å². The lowest BCUT2D eigenvalue weighted by atomic mass is 9.98. The molecule has 0 unspecified atom stereocenters. The minimum absolute atomic E-state index is 0.0697. The van der Waals surface area contributed by atoms with E-state index >= 15 is 0 Å². The number of anilines is 1. The standard InChI is InChI=1S/C24H28N8O2/c1-5-9-18(14-16(2)29-34-4)20-21(17-10-7-6-8-11-17)27-23(25)32-22(20)28-31(24(32)33)15-19-26-12-13-30(19)3/h6-14,29H,5,15H2,1-4H3,(H2,25,27)/b16-14-,18-9+. The van der Waals surface area contributed by atoms with Crippen LogP contribution in [0.3, 0.4) is 0 Å². The van der Waals surface area contributed by atoms with Crippen LogP contribution < -0.4 is 16.9 Å². The first kappa shape index (κ1) is 23.0. The number of aromatic nitrogens is 6. The van der Waals surface area contributed by atoms with E-state index in [4.69, 9.17) is 15.7 Å². The number of nitrogens with zero attached hydrogens (tertiary/aromatic N) is 6. The molecule has 0 saturated heterocycles. The van der Waals surface area contributed by atoms with Gasteiger partial charge in [0.1, 0.15) is 12.4 Å². The molecule has 0 fully saturated rings. The summed E-state index contributed by atoms with van der Waals surface area (Å²) in [6, 6.07) is 9.72. The Bertz CT molecular complexity index is 1430. The molecule has 0 radical (unpaired) electrons. The van der Waals surface area contributed by atoms with Gasteiger partial charge < -0.3 is 10.3 Å². The molecule has 0 amide bonds. The molecule has 0 saturated carbocycles. The summed E-state index contributed by atoms with van der Waals surface area (Å²) in [7, 11) is 3.42. The Morgan fingerprint density at radius 2 is 2.03 bits per heavy atom. The molecule has 4 aromatic rings. The molecule has 0 atom stereocenters. The Labute approximate surface area is 197 Å². The number of imidazole rings is 1. The van der Waals surface area contributed by atoms with E-state index in [1.54, 1.807) is 13.3 Å². The van der Waals surface area contributed by atoms with E-state index in [-0.39, 0.29) is 18.2 Å². The summed E-state index contributed by atoms with van der Waals surface area (Å²) >= 11 is 0. The van der Waals surface area contributed by atoms with Crippen molar-refractivity contribution < 1.29 is 4.84 Å². The molecule has 34 heavy (non-hydrogen) atoms. The summed E-state index contributed by atoms with van der Waals surface area (Å²) in [6.45, 7) is 4.14. The lowest BCUT2D eigenvalue weighted by Gasteiger charge is -2.14. The normalized spacial score (nSPS) is 12.5. The lowest BCUT2D eigenvalue weighted by molar-refractivity contribution is 0.118. The number of hydrogen-bond donors (Lipinski definition) is 2. The third-order valence-corrected chi connectivity index (χ3v) is 5.36. The topological polar surface area (TPSA) is 117 Å². The van der Waals surface area contributed by atoms with E-state index in [1.807, 2.05) is 68.1 Å². The summed E-state index contributed by atoms with van der Waals surface area (Å²) in [5.41, 5.74) is 13.0. The average Bonchev–Trinajstić information content (AvgIpc) is 3.37. The van der Waals surface area contributed by atoms with Gasteiger partial charge in [-0.3, -0.25) is 10.3 Å². The third-order valence-electron chi connectivity index (χ3n) is 5.36. The van der Waals surface area contributed by atoms with Crippen molar-refractivity contribution in [3.63, 3.8) is 0 Å². The first-order valence-corrected chi connectivity index (χ1v) is 10.9. The van der Waals surface area contributed by atoms with Crippen molar-refractivity contribution in [1.82, 2.24) is 34.2 Å². The quantitative estimate of drug-likeness (QED) is 0.307. The Balaban J connectivity index is 2.03. The Morgan fingerprint density at radius 3 is 2.68 bits per heavy atom. The van der Waals surface area contributed by atoms with Gasteiger partial charge in [0.25, 0.3) is 0 Å². The predicted octanol–water partition coefficient (Wildman–Crippen LogP) is 2.77. The zero-order chi connectivity index (χ0) is 24.2. The largest absolute Gasteiger partial charge is 0.369 e. The number of nitrogen functional groups attached to an aromatic ring is 1. The Morgan fingerprint density at radius 1 is 1.26 bits per heavy atom. The van der Waals surface area contributed by atoms with Crippen molar-refractivity contribution >= 4 is 17.2 Å². The average molecular weight is 461 g/mol. The molecular weight excluding hydrogens is 432 g/mol. The van der Waals surface area contributed by atoms with E-state index < -0.39 is 0 Å².